The minimum atomic E-state index is 0.0840. The molecule has 1 rings (SSSR count). The van der Waals surface area contributed by atoms with E-state index < -0.39 is 0 Å². The molecule has 0 aliphatic heterocycles. The molecule has 0 saturated heterocycles. The highest BCUT2D eigenvalue weighted by molar-refractivity contribution is 5.95. The Morgan fingerprint density at radius 2 is 2.17 bits per heavy atom. The first-order valence-corrected chi connectivity index (χ1v) is 3.64. The number of rotatable bonds is 2. The lowest BCUT2D eigenvalue weighted by Crippen LogP contribution is -2.11. The van der Waals surface area contributed by atoms with Gasteiger partial charge in [-0.15, -0.1) is 0 Å². The lowest BCUT2D eigenvalue weighted by atomic mass is 10.1. The average Bonchev–Trinajstić information content (AvgIpc) is 2.04. The molecular weight excluding hydrogens is 152 g/mol. The summed E-state index contributed by atoms with van der Waals surface area (Å²) >= 11 is 0. The molecule has 12 heavy (non-hydrogen) atoms. The molecule has 3 N–H and O–H groups in total. The van der Waals surface area contributed by atoms with Crippen LogP contribution >= 0.6 is 0 Å². The van der Waals surface area contributed by atoms with Gasteiger partial charge in [0.15, 0.2) is 0 Å². The molecule has 0 atom stereocenters. The standard InChI is InChI=1S/C9H12N2O/c1-6-5-7(9(10)11)3-4-8(6)12-2/h3-5H,1-2H3,(H3,10,11). The molecule has 0 fully saturated rings. The van der Waals surface area contributed by atoms with Gasteiger partial charge in [0.05, 0.1) is 7.11 Å². The SMILES string of the molecule is COc1ccc(C(=N)N)cc1C. The van der Waals surface area contributed by atoms with Crippen molar-refractivity contribution in [2.45, 2.75) is 6.92 Å². The van der Waals surface area contributed by atoms with Crippen LogP contribution in [0.1, 0.15) is 11.1 Å². The van der Waals surface area contributed by atoms with Crippen LogP contribution in [0.15, 0.2) is 18.2 Å². The number of hydrogen-bond acceptors (Lipinski definition) is 2. The van der Waals surface area contributed by atoms with Crippen LogP contribution in [-0.2, 0) is 0 Å². The Balaban J connectivity index is 3.10. The topological polar surface area (TPSA) is 59.1 Å². The van der Waals surface area contributed by atoms with Gasteiger partial charge in [0, 0.05) is 5.56 Å². The maximum Gasteiger partial charge on any atom is 0.122 e. The maximum absolute atomic E-state index is 7.20. The van der Waals surface area contributed by atoms with Crippen molar-refractivity contribution in [1.82, 2.24) is 0 Å². The van der Waals surface area contributed by atoms with Crippen LogP contribution in [0, 0.1) is 12.3 Å². The minimum Gasteiger partial charge on any atom is -0.496 e. The van der Waals surface area contributed by atoms with Gasteiger partial charge >= 0.3 is 0 Å². The van der Waals surface area contributed by atoms with Crippen molar-refractivity contribution in [2.24, 2.45) is 5.73 Å². The molecule has 1 aromatic carbocycles. The Kier molecular flexibility index (Phi) is 2.33. The van der Waals surface area contributed by atoms with Crippen molar-refractivity contribution < 1.29 is 4.74 Å². The van der Waals surface area contributed by atoms with E-state index in [4.69, 9.17) is 15.9 Å². The smallest absolute Gasteiger partial charge is 0.122 e. The highest BCUT2D eigenvalue weighted by atomic mass is 16.5. The summed E-state index contributed by atoms with van der Waals surface area (Å²) in [5.41, 5.74) is 7.04. The third-order valence-electron chi connectivity index (χ3n) is 1.71. The van der Waals surface area contributed by atoms with Crippen LogP contribution in [0.5, 0.6) is 5.75 Å². The molecule has 0 amide bonds. The molecule has 0 saturated carbocycles. The van der Waals surface area contributed by atoms with Gasteiger partial charge in [-0.25, -0.2) is 0 Å². The van der Waals surface area contributed by atoms with Crippen LogP contribution in [0.2, 0.25) is 0 Å². The van der Waals surface area contributed by atoms with E-state index in [1.807, 2.05) is 19.1 Å². The lowest BCUT2D eigenvalue weighted by molar-refractivity contribution is 0.411. The van der Waals surface area contributed by atoms with E-state index in [1.54, 1.807) is 13.2 Å². The fourth-order valence-electron chi connectivity index (χ4n) is 1.05. The van der Waals surface area contributed by atoms with Crippen molar-refractivity contribution >= 4 is 5.84 Å². The van der Waals surface area contributed by atoms with E-state index in [0.29, 0.717) is 0 Å². The molecule has 0 bridgehead atoms. The van der Waals surface area contributed by atoms with E-state index in [-0.39, 0.29) is 5.84 Å². The molecule has 0 heterocycles. The zero-order valence-electron chi connectivity index (χ0n) is 7.22. The van der Waals surface area contributed by atoms with Crippen LogP contribution in [0.4, 0.5) is 0 Å². The molecule has 0 radical (unpaired) electrons. The van der Waals surface area contributed by atoms with Crippen LogP contribution in [0.25, 0.3) is 0 Å². The van der Waals surface area contributed by atoms with E-state index in [0.717, 1.165) is 16.9 Å². The number of benzene rings is 1. The fraction of sp³-hybridized carbons (Fsp3) is 0.222. The van der Waals surface area contributed by atoms with Crippen molar-refractivity contribution in [1.29, 1.82) is 5.41 Å². The summed E-state index contributed by atoms with van der Waals surface area (Å²) < 4.78 is 5.07. The zero-order valence-corrected chi connectivity index (χ0v) is 7.22. The normalized spacial score (nSPS) is 9.50. The first-order valence-electron chi connectivity index (χ1n) is 3.64. The molecule has 64 valence electrons. The molecule has 0 spiro atoms. The number of nitrogens with one attached hydrogen (secondary N) is 1. The van der Waals surface area contributed by atoms with Gasteiger partial charge in [0.1, 0.15) is 11.6 Å². The molecule has 1 aromatic rings. The monoisotopic (exact) mass is 164 g/mol. The molecule has 0 unspecified atom stereocenters. The molecule has 3 heteroatoms. The van der Waals surface area contributed by atoms with Crippen molar-refractivity contribution in [3.63, 3.8) is 0 Å². The summed E-state index contributed by atoms with van der Waals surface area (Å²) in [4.78, 5) is 0. The number of hydrogen-bond donors (Lipinski definition) is 2. The lowest BCUT2D eigenvalue weighted by Gasteiger charge is -2.05. The summed E-state index contributed by atoms with van der Waals surface area (Å²) in [5.74, 6) is 0.903. The van der Waals surface area contributed by atoms with E-state index in [9.17, 15) is 0 Å². The van der Waals surface area contributed by atoms with Gasteiger partial charge in [-0.3, -0.25) is 5.41 Å². The number of amidine groups is 1. The minimum absolute atomic E-state index is 0.0840. The number of nitrogens with two attached hydrogens (primary N) is 1. The summed E-state index contributed by atoms with van der Waals surface area (Å²) in [6, 6.07) is 5.42. The van der Waals surface area contributed by atoms with E-state index in [2.05, 4.69) is 0 Å². The molecule has 0 aliphatic rings. The number of nitrogen functional groups attached to an aromatic ring is 1. The molecule has 0 aromatic heterocycles. The molecule has 0 aliphatic carbocycles. The summed E-state index contributed by atoms with van der Waals surface area (Å²) in [6.45, 7) is 1.92. The fourth-order valence-corrected chi connectivity index (χ4v) is 1.05. The first-order chi connectivity index (χ1) is 5.65. The molecule has 3 nitrogen and oxygen atoms in total. The van der Waals surface area contributed by atoms with E-state index in [1.165, 1.54) is 0 Å². The van der Waals surface area contributed by atoms with Crippen molar-refractivity contribution in [2.75, 3.05) is 7.11 Å². The summed E-state index contributed by atoms with van der Waals surface area (Å²) in [6.07, 6.45) is 0. The number of aryl methyl sites for hydroxylation is 1. The third-order valence-corrected chi connectivity index (χ3v) is 1.71. The second kappa shape index (κ2) is 3.26. The third kappa shape index (κ3) is 1.56. The van der Waals surface area contributed by atoms with Crippen LogP contribution < -0.4 is 10.5 Å². The summed E-state index contributed by atoms with van der Waals surface area (Å²) in [5, 5.41) is 7.20. The Hall–Kier alpha value is -1.51. The van der Waals surface area contributed by atoms with E-state index >= 15 is 0 Å². The molecular formula is C9H12N2O. The number of methoxy groups -OCH3 is 1. The first kappa shape index (κ1) is 8.59. The van der Waals surface area contributed by atoms with Gasteiger partial charge in [-0.2, -0.15) is 0 Å². The highest BCUT2D eigenvalue weighted by Gasteiger charge is 2.00. The van der Waals surface area contributed by atoms with Gasteiger partial charge in [-0.1, -0.05) is 0 Å². The highest BCUT2D eigenvalue weighted by Crippen LogP contribution is 2.17. The Labute approximate surface area is 71.7 Å². The number of ether oxygens (including phenoxy) is 1. The second-order valence-electron chi connectivity index (χ2n) is 2.60. The summed E-state index contributed by atoms with van der Waals surface area (Å²) in [7, 11) is 1.62. The van der Waals surface area contributed by atoms with Crippen molar-refractivity contribution in [3.05, 3.63) is 29.3 Å². The maximum atomic E-state index is 7.20. The van der Waals surface area contributed by atoms with Crippen molar-refractivity contribution in [3.8, 4) is 5.75 Å². The predicted molar refractivity (Wildman–Crippen MR) is 48.7 cm³/mol. The largest absolute Gasteiger partial charge is 0.496 e. The zero-order chi connectivity index (χ0) is 9.14. The average molecular weight is 164 g/mol. The van der Waals surface area contributed by atoms with Gasteiger partial charge in [0.25, 0.3) is 0 Å². The van der Waals surface area contributed by atoms with Crippen LogP contribution in [0.3, 0.4) is 0 Å². The Morgan fingerprint density at radius 3 is 2.58 bits per heavy atom. The van der Waals surface area contributed by atoms with Gasteiger partial charge < -0.3 is 10.5 Å². The second-order valence-corrected chi connectivity index (χ2v) is 2.60. The quantitative estimate of drug-likeness (QED) is 0.511. The van der Waals surface area contributed by atoms with Gasteiger partial charge in [0.2, 0.25) is 0 Å². The van der Waals surface area contributed by atoms with Gasteiger partial charge in [-0.05, 0) is 30.7 Å². The predicted octanol–water partition coefficient (Wildman–Crippen LogP) is 1.29. The Bertz CT molecular complexity index is 307. The van der Waals surface area contributed by atoms with Crippen LogP contribution in [-0.4, -0.2) is 12.9 Å². The Morgan fingerprint density at radius 1 is 1.50 bits per heavy atom.